The molecule has 0 aliphatic carbocycles. The lowest BCUT2D eigenvalue weighted by molar-refractivity contribution is 0.102. The minimum Gasteiger partial charge on any atom is -0.384 e. The monoisotopic (exact) mass is 394 g/mol. The summed E-state index contributed by atoms with van der Waals surface area (Å²) in [5, 5.41) is 6.29. The quantitative estimate of drug-likeness (QED) is 0.724. The second-order valence-electron chi connectivity index (χ2n) is 4.91. The minimum atomic E-state index is -0.0820. The van der Waals surface area contributed by atoms with Crippen LogP contribution in [0.1, 0.15) is 29.3 Å². The normalized spacial score (nSPS) is 10.2. The number of nitrogens with one attached hydrogen (secondary N) is 2. The van der Waals surface area contributed by atoms with Crippen molar-refractivity contribution in [3.63, 3.8) is 0 Å². The first-order chi connectivity index (χ1) is 10.1. The van der Waals surface area contributed by atoms with E-state index in [0.29, 0.717) is 5.56 Å². The van der Waals surface area contributed by atoms with Crippen LogP contribution in [0, 0.1) is 10.5 Å². The van der Waals surface area contributed by atoms with Crippen molar-refractivity contribution in [3.05, 3.63) is 57.2 Å². The van der Waals surface area contributed by atoms with E-state index in [4.69, 9.17) is 0 Å². The van der Waals surface area contributed by atoms with Crippen LogP contribution >= 0.6 is 22.6 Å². The maximum Gasteiger partial charge on any atom is 0.257 e. The topological polar surface area (TPSA) is 41.1 Å². The fourth-order valence-corrected chi connectivity index (χ4v) is 2.53. The van der Waals surface area contributed by atoms with E-state index in [9.17, 15) is 4.79 Å². The fraction of sp³-hybridized carbons (Fsp3) is 0.235. The van der Waals surface area contributed by atoms with Gasteiger partial charge in [0.1, 0.15) is 0 Å². The van der Waals surface area contributed by atoms with Gasteiger partial charge in [-0.3, -0.25) is 4.79 Å². The summed E-state index contributed by atoms with van der Waals surface area (Å²) in [5.41, 5.74) is 3.48. The van der Waals surface area contributed by atoms with Crippen molar-refractivity contribution in [2.45, 2.75) is 20.3 Å². The Morgan fingerprint density at radius 3 is 2.62 bits per heavy atom. The van der Waals surface area contributed by atoms with Crippen LogP contribution in [-0.4, -0.2) is 12.5 Å². The van der Waals surface area contributed by atoms with Gasteiger partial charge in [0, 0.05) is 15.8 Å². The van der Waals surface area contributed by atoms with Crippen LogP contribution in [0.5, 0.6) is 0 Å². The van der Waals surface area contributed by atoms with Gasteiger partial charge in [-0.1, -0.05) is 30.7 Å². The Labute approximate surface area is 139 Å². The van der Waals surface area contributed by atoms with E-state index in [1.54, 1.807) is 0 Å². The first-order valence-electron chi connectivity index (χ1n) is 7.02. The molecule has 4 heteroatoms. The van der Waals surface area contributed by atoms with E-state index in [0.717, 1.165) is 33.5 Å². The zero-order valence-electron chi connectivity index (χ0n) is 12.2. The van der Waals surface area contributed by atoms with Gasteiger partial charge in [0.2, 0.25) is 0 Å². The predicted octanol–water partition coefficient (Wildman–Crippen LogP) is 4.67. The van der Waals surface area contributed by atoms with E-state index < -0.39 is 0 Å². The lowest BCUT2D eigenvalue weighted by atomic mass is 10.1. The van der Waals surface area contributed by atoms with Crippen molar-refractivity contribution >= 4 is 39.9 Å². The molecule has 0 radical (unpaired) electrons. The summed E-state index contributed by atoms with van der Waals surface area (Å²) in [6, 6.07) is 13.7. The molecule has 110 valence electrons. The number of carbonyl (C=O) groups excluding carboxylic acids is 1. The van der Waals surface area contributed by atoms with Gasteiger partial charge in [-0.05, 0) is 60.2 Å². The summed E-state index contributed by atoms with van der Waals surface area (Å²) in [6.45, 7) is 4.95. The van der Waals surface area contributed by atoms with Crippen molar-refractivity contribution in [1.82, 2.24) is 0 Å². The van der Waals surface area contributed by atoms with Crippen LogP contribution in [0.3, 0.4) is 0 Å². The molecule has 0 fully saturated rings. The van der Waals surface area contributed by atoms with Crippen molar-refractivity contribution < 1.29 is 4.79 Å². The highest BCUT2D eigenvalue weighted by Crippen LogP contribution is 2.22. The number of para-hydroxylation sites is 1. The highest BCUT2D eigenvalue weighted by Gasteiger charge is 2.12. The molecule has 0 atom stereocenters. The van der Waals surface area contributed by atoms with Crippen molar-refractivity contribution in [1.29, 1.82) is 0 Å². The molecule has 0 heterocycles. The zero-order chi connectivity index (χ0) is 15.2. The van der Waals surface area contributed by atoms with E-state index in [1.807, 2.05) is 49.4 Å². The first kappa shape index (κ1) is 15.8. The van der Waals surface area contributed by atoms with Crippen molar-refractivity contribution in [3.8, 4) is 0 Å². The third-order valence-electron chi connectivity index (χ3n) is 3.11. The van der Waals surface area contributed by atoms with Crippen LogP contribution in [0.4, 0.5) is 11.4 Å². The number of halogens is 1. The third-order valence-corrected chi connectivity index (χ3v) is 4.05. The number of benzene rings is 2. The molecule has 0 aliphatic heterocycles. The third kappa shape index (κ3) is 4.20. The molecule has 0 unspecified atom stereocenters. The Kier molecular flexibility index (Phi) is 5.61. The summed E-state index contributed by atoms with van der Waals surface area (Å²) >= 11 is 2.22. The van der Waals surface area contributed by atoms with Gasteiger partial charge < -0.3 is 10.6 Å². The first-order valence-corrected chi connectivity index (χ1v) is 8.10. The van der Waals surface area contributed by atoms with E-state index in [1.165, 1.54) is 0 Å². The number of carbonyl (C=O) groups is 1. The molecule has 2 aromatic rings. The smallest absolute Gasteiger partial charge is 0.257 e. The van der Waals surface area contributed by atoms with Gasteiger partial charge in [-0.25, -0.2) is 0 Å². The zero-order valence-corrected chi connectivity index (χ0v) is 14.4. The Morgan fingerprint density at radius 2 is 1.90 bits per heavy atom. The van der Waals surface area contributed by atoms with Gasteiger partial charge in [-0.15, -0.1) is 0 Å². The molecule has 0 saturated heterocycles. The van der Waals surface area contributed by atoms with E-state index >= 15 is 0 Å². The molecule has 3 nitrogen and oxygen atoms in total. The second-order valence-corrected chi connectivity index (χ2v) is 6.07. The summed E-state index contributed by atoms with van der Waals surface area (Å²) in [7, 11) is 0. The fourth-order valence-electron chi connectivity index (χ4n) is 2.01. The highest BCUT2D eigenvalue weighted by molar-refractivity contribution is 14.1. The van der Waals surface area contributed by atoms with Crippen molar-refractivity contribution in [2.24, 2.45) is 0 Å². The van der Waals surface area contributed by atoms with Crippen molar-refractivity contribution in [2.75, 3.05) is 17.2 Å². The Hall–Kier alpha value is -1.56. The lowest BCUT2D eigenvalue weighted by Crippen LogP contribution is -2.16. The molecule has 0 saturated carbocycles. The molecule has 2 aromatic carbocycles. The molecule has 0 spiro atoms. The van der Waals surface area contributed by atoms with E-state index in [2.05, 4.69) is 40.1 Å². The largest absolute Gasteiger partial charge is 0.384 e. The molecule has 2 N–H and O–H groups in total. The highest BCUT2D eigenvalue weighted by atomic mass is 127. The molecular weight excluding hydrogens is 375 g/mol. The molecule has 21 heavy (non-hydrogen) atoms. The van der Waals surface area contributed by atoms with Crippen LogP contribution < -0.4 is 10.6 Å². The second kappa shape index (κ2) is 7.45. The van der Waals surface area contributed by atoms with Crippen LogP contribution in [-0.2, 0) is 0 Å². The number of aryl methyl sites for hydroxylation is 1. The molecule has 0 aromatic heterocycles. The Bertz CT molecular complexity index is 640. The number of hydrogen-bond acceptors (Lipinski definition) is 2. The molecule has 2 rings (SSSR count). The van der Waals surface area contributed by atoms with Crippen LogP contribution in [0.15, 0.2) is 42.5 Å². The average Bonchev–Trinajstić information content (AvgIpc) is 2.48. The minimum absolute atomic E-state index is 0.0820. The molecular formula is C17H19IN2O. The van der Waals surface area contributed by atoms with Crippen LogP contribution in [0.25, 0.3) is 0 Å². The van der Waals surface area contributed by atoms with Gasteiger partial charge in [0.25, 0.3) is 5.91 Å². The molecule has 0 aliphatic rings. The van der Waals surface area contributed by atoms with E-state index in [-0.39, 0.29) is 5.91 Å². The number of anilines is 2. The Balaban J connectivity index is 2.25. The van der Waals surface area contributed by atoms with Gasteiger partial charge in [0.15, 0.2) is 0 Å². The Morgan fingerprint density at radius 1 is 1.14 bits per heavy atom. The SMILES string of the molecule is CCCNc1ccc(C)cc1C(=O)Nc1ccccc1I. The summed E-state index contributed by atoms with van der Waals surface area (Å²) in [5.74, 6) is -0.0820. The van der Waals surface area contributed by atoms with Gasteiger partial charge >= 0.3 is 0 Å². The standard InChI is InChI=1S/C17H19IN2O/c1-3-10-19-15-9-8-12(2)11-13(15)17(21)20-16-7-5-4-6-14(16)18/h4-9,11,19H,3,10H2,1-2H3,(H,20,21). The number of hydrogen-bond donors (Lipinski definition) is 2. The number of rotatable bonds is 5. The molecule has 0 bridgehead atoms. The van der Waals surface area contributed by atoms with Crippen LogP contribution in [0.2, 0.25) is 0 Å². The van der Waals surface area contributed by atoms with Gasteiger partial charge in [0.05, 0.1) is 11.3 Å². The molecule has 1 amide bonds. The number of amides is 1. The summed E-state index contributed by atoms with van der Waals surface area (Å²) < 4.78 is 1.03. The average molecular weight is 394 g/mol. The van der Waals surface area contributed by atoms with Gasteiger partial charge in [-0.2, -0.15) is 0 Å². The summed E-state index contributed by atoms with van der Waals surface area (Å²) in [6.07, 6.45) is 1.02. The lowest BCUT2D eigenvalue weighted by Gasteiger charge is -2.13. The maximum absolute atomic E-state index is 12.5. The predicted molar refractivity (Wildman–Crippen MR) is 97.1 cm³/mol. The summed E-state index contributed by atoms with van der Waals surface area (Å²) in [4.78, 5) is 12.5. The maximum atomic E-state index is 12.5.